The van der Waals surface area contributed by atoms with E-state index in [-0.39, 0.29) is 18.3 Å². The van der Waals surface area contributed by atoms with E-state index < -0.39 is 0 Å². The van der Waals surface area contributed by atoms with Gasteiger partial charge in [0.2, 0.25) is 0 Å². The maximum atomic E-state index is 12.0. The fraction of sp³-hybridized carbons (Fsp3) is 0.706. The molecule has 1 aromatic rings. The van der Waals surface area contributed by atoms with Gasteiger partial charge in [-0.15, -0.1) is 23.7 Å². The van der Waals surface area contributed by atoms with Gasteiger partial charge in [-0.2, -0.15) is 0 Å². The van der Waals surface area contributed by atoms with Crippen molar-refractivity contribution in [3.8, 4) is 0 Å². The van der Waals surface area contributed by atoms with Gasteiger partial charge in [0.25, 0.3) is 5.91 Å². The molecule has 23 heavy (non-hydrogen) atoms. The van der Waals surface area contributed by atoms with Crippen LogP contribution in [-0.4, -0.2) is 37.7 Å². The van der Waals surface area contributed by atoms with Crippen LogP contribution in [0.5, 0.6) is 0 Å². The van der Waals surface area contributed by atoms with Gasteiger partial charge in [-0.25, -0.2) is 0 Å². The van der Waals surface area contributed by atoms with Gasteiger partial charge in [0.05, 0.1) is 5.56 Å². The summed E-state index contributed by atoms with van der Waals surface area (Å²) in [5, 5.41) is 8.78. The number of hydrogen-bond acceptors (Lipinski definition) is 4. The van der Waals surface area contributed by atoms with Crippen molar-refractivity contribution in [3.63, 3.8) is 0 Å². The summed E-state index contributed by atoms with van der Waals surface area (Å²) in [7, 11) is 0. The van der Waals surface area contributed by atoms with Crippen molar-refractivity contribution in [3.05, 3.63) is 21.9 Å². The Kier molecular flexibility index (Phi) is 5.62. The highest BCUT2D eigenvalue weighted by molar-refractivity contribution is 7.10. The van der Waals surface area contributed by atoms with Crippen LogP contribution in [-0.2, 0) is 4.74 Å². The first kappa shape index (κ1) is 17.2. The van der Waals surface area contributed by atoms with Gasteiger partial charge in [-0.05, 0) is 50.6 Å². The molecule has 1 saturated heterocycles. The lowest BCUT2D eigenvalue weighted by Crippen LogP contribution is -2.29. The maximum absolute atomic E-state index is 12.0. The van der Waals surface area contributed by atoms with E-state index in [4.69, 9.17) is 4.74 Å². The molecule has 4 nitrogen and oxygen atoms in total. The summed E-state index contributed by atoms with van der Waals surface area (Å²) < 4.78 is 5.41. The Labute approximate surface area is 147 Å². The number of amides is 1. The first-order valence-corrected chi connectivity index (χ1v) is 9.38. The normalized spacial score (nSPS) is 27.3. The third-order valence-electron chi connectivity index (χ3n) is 4.96. The number of halogens is 1. The molecule has 2 atom stereocenters. The standard InChI is InChI=1S/C17H24N2O2S.ClH/c20-17(19-13-1-2-13)12-7-16(22-10-12)14-8-15(14)18-9-11-3-5-21-6-4-11;/h7,10-11,13-15,18H,1-6,8-9H2,(H,19,20);1H/t14-,15-;/m1./s1. The first-order chi connectivity index (χ1) is 10.8. The molecular weight excluding hydrogens is 332 g/mol. The van der Waals surface area contributed by atoms with Crippen molar-refractivity contribution in [2.24, 2.45) is 5.92 Å². The molecule has 1 amide bonds. The third-order valence-corrected chi connectivity index (χ3v) is 6.02. The minimum Gasteiger partial charge on any atom is -0.381 e. The molecule has 2 N–H and O–H groups in total. The molecule has 1 aliphatic heterocycles. The van der Waals surface area contributed by atoms with E-state index >= 15 is 0 Å². The molecule has 4 rings (SSSR count). The van der Waals surface area contributed by atoms with E-state index in [9.17, 15) is 4.79 Å². The van der Waals surface area contributed by atoms with Crippen LogP contribution in [0.1, 0.15) is 53.3 Å². The highest BCUT2D eigenvalue weighted by atomic mass is 35.5. The molecule has 2 saturated carbocycles. The molecule has 2 aliphatic carbocycles. The SMILES string of the molecule is Cl.O=C(NC1CC1)c1csc([C@@H]2C[C@H]2NCC2CCOCC2)c1. The van der Waals surface area contributed by atoms with Crippen LogP contribution in [0, 0.1) is 5.92 Å². The quantitative estimate of drug-likeness (QED) is 0.824. The molecule has 2 heterocycles. The zero-order chi connectivity index (χ0) is 14.9. The molecule has 0 bridgehead atoms. The molecule has 1 aromatic heterocycles. The summed E-state index contributed by atoms with van der Waals surface area (Å²) in [4.78, 5) is 13.4. The summed E-state index contributed by atoms with van der Waals surface area (Å²) in [5.74, 6) is 1.50. The summed E-state index contributed by atoms with van der Waals surface area (Å²) in [6, 6.07) is 3.15. The van der Waals surface area contributed by atoms with Crippen LogP contribution in [0.4, 0.5) is 0 Å². The van der Waals surface area contributed by atoms with Gasteiger partial charge in [-0.1, -0.05) is 0 Å². The Balaban J connectivity index is 0.00000156. The number of rotatable bonds is 6. The van der Waals surface area contributed by atoms with Crippen LogP contribution in [0.3, 0.4) is 0 Å². The minimum absolute atomic E-state index is 0. The van der Waals surface area contributed by atoms with E-state index in [2.05, 4.69) is 16.7 Å². The number of thiophene rings is 1. The van der Waals surface area contributed by atoms with E-state index in [1.54, 1.807) is 11.3 Å². The number of carbonyl (C=O) groups is 1. The zero-order valence-electron chi connectivity index (χ0n) is 13.3. The Bertz CT molecular complexity index is 540. The summed E-state index contributed by atoms with van der Waals surface area (Å²) in [5.41, 5.74) is 0.849. The molecule has 0 radical (unpaired) electrons. The van der Waals surface area contributed by atoms with Gasteiger partial charge in [0.1, 0.15) is 0 Å². The van der Waals surface area contributed by atoms with Crippen molar-refractivity contribution >= 4 is 29.7 Å². The Morgan fingerprint density at radius 3 is 2.78 bits per heavy atom. The monoisotopic (exact) mass is 356 g/mol. The molecule has 0 spiro atoms. The number of ether oxygens (including phenoxy) is 1. The van der Waals surface area contributed by atoms with Crippen molar-refractivity contribution in [2.45, 2.75) is 50.1 Å². The van der Waals surface area contributed by atoms with Crippen LogP contribution in [0.2, 0.25) is 0 Å². The number of hydrogen-bond donors (Lipinski definition) is 2. The fourth-order valence-electron chi connectivity index (χ4n) is 3.17. The Morgan fingerprint density at radius 2 is 2.04 bits per heavy atom. The van der Waals surface area contributed by atoms with Crippen molar-refractivity contribution < 1.29 is 9.53 Å². The first-order valence-electron chi connectivity index (χ1n) is 8.50. The van der Waals surface area contributed by atoms with Gasteiger partial charge in [0.15, 0.2) is 0 Å². The number of nitrogens with one attached hydrogen (secondary N) is 2. The van der Waals surface area contributed by atoms with Crippen LogP contribution in [0.15, 0.2) is 11.4 Å². The van der Waals surface area contributed by atoms with E-state index in [0.717, 1.165) is 44.1 Å². The van der Waals surface area contributed by atoms with Crippen LogP contribution in [0.25, 0.3) is 0 Å². The molecular formula is C17H25ClN2O2S. The molecule has 3 aliphatic rings. The van der Waals surface area contributed by atoms with Gasteiger partial charge in [-0.3, -0.25) is 4.79 Å². The predicted octanol–water partition coefficient (Wildman–Crippen LogP) is 2.93. The van der Waals surface area contributed by atoms with Crippen molar-refractivity contribution in [1.82, 2.24) is 10.6 Å². The highest BCUT2D eigenvalue weighted by Gasteiger charge is 2.39. The second-order valence-corrected chi connectivity index (χ2v) is 7.84. The predicted molar refractivity (Wildman–Crippen MR) is 94.7 cm³/mol. The smallest absolute Gasteiger partial charge is 0.252 e. The molecule has 0 unspecified atom stereocenters. The lowest BCUT2D eigenvalue weighted by molar-refractivity contribution is 0.0662. The van der Waals surface area contributed by atoms with Gasteiger partial charge >= 0.3 is 0 Å². The van der Waals surface area contributed by atoms with E-state index in [0.29, 0.717) is 18.0 Å². The second kappa shape index (κ2) is 7.51. The largest absolute Gasteiger partial charge is 0.381 e. The minimum atomic E-state index is 0. The lowest BCUT2D eigenvalue weighted by Gasteiger charge is -2.22. The molecule has 0 aromatic carbocycles. The lowest BCUT2D eigenvalue weighted by atomic mass is 10.0. The molecule has 128 valence electrons. The Hall–Kier alpha value is -0.620. The van der Waals surface area contributed by atoms with Gasteiger partial charge < -0.3 is 15.4 Å². The average molecular weight is 357 g/mol. The van der Waals surface area contributed by atoms with Gasteiger partial charge in [0, 0.05) is 41.5 Å². The van der Waals surface area contributed by atoms with Crippen LogP contribution < -0.4 is 10.6 Å². The van der Waals surface area contributed by atoms with Crippen molar-refractivity contribution in [2.75, 3.05) is 19.8 Å². The second-order valence-electron chi connectivity index (χ2n) is 6.90. The highest BCUT2D eigenvalue weighted by Crippen LogP contribution is 2.43. The average Bonchev–Trinajstić information content (AvgIpc) is 3.46. The van der Waals surface area contributed by atoms with Crippen LogP contribution >= 0.6 is 23.7 Å². The Morgan fingerprint density at radius 1 is 1.26 bits per heavy atom. The zero-order valence-corrected chi connectivity index (χ0v) is 14.9. The van der Waals surface area contributed by atoms with E-state index in [1.165, 1.54) is 24.1 Å². The van der Waals surface area contributed by atoms with E-state index in [1.807, 2.05) is 5.38 Å². The fourth-order valence-corrected chi connectivity index (χ4v) is 4.23. The topological polar surface area (TPSA) is 50.4 Å². The van der Waals surface area contributed by atoms with Crippen molar-refractivity contribution in [1.29, 1.82) is 0 Å². The molecule has 3 fully saturated rings. The summed E-state index contributed by atoms with van der Waals surface area (Å²) in [6.45, 7) is 2.96. The third kappa shape index (κ3) is 4.47. The summed E-state index contributed by atoms with van der Waals surface area (Å²) >= 11 is 1.74. The molecule has 6 heteroatoms. The maximum Gasteiger partial charge on any atom is 0.252 e. The summed E-state index contributed by atoms with van der Waals surface area (Å²) in [6.07, 6.45) is 5.88. The number of carbonyl (C=O) groups excluding carboxylic acids is 1.